The molecule has 0 atom stereocenters. The molecule has 1 aliphatic heterocycles. The van der Waals surface area contributed by atoms with Gasteiger partial charge in [0.05, 0.1) is 5.52 Å². The predicted molar refractivity (Wildman–Crippen MR) is 116 cm³/mol. The molecule has 2 heterocycles. The number of nitrogens with one attached hydrogen (secondary N) is 1. The topological polar surface area (TPSA) is 41.1 Å². The van der Waals surface area contributed by atoms with E-state index in [0.29, 0.717) is 0 Å². The van der Waals surface area contributed by atoms with Gasteiger partial charge < -0.3 is 10.2 Å². The van der Waals surface area contributed by atoms with Gasteiger partial charge in [-0.2, -0.15) is 4.98 Å². The Morgan fingerprint density at radius 2 is 1.67 bits per heavy atom. The van der Waals surface area contributed by atoms with Crippen LogP contribution in [-0.2, 0) is 6.42 Å². The summed E-state index contributed by atoms with van der Waals surface area (Å²) in [7, 11) is 0. The fourth-order valence-electron chi connectivity index (χ4n) is 3.51. The first-order valence-electron chi connectivity index (χ1n) is 9.61. The summed E-state index contributed by atoms with van der Waals surface area (Å²) in [5.41, 5.74) is 3.66. The lowest BCUT2D eigenvalue weighted by molar-refractivity contribution is 0.569. The van der Waals surface area contributed by atoms with E-state index in [9.17, 15) is 0 Å². The van der Waals surface area contributed by atoms with Crippen molar-refractivity contribution in [3.63, 3.8) is 0 Å². The van der Waals surface area contributed by atoms with Gasteiger partial charge in [-0.1, -0.05) is 42.0 Å². The summed E-state index contributed by atoms with van der Waals surface area (Å²) < 4.78 is 0. The van der Waals surface area contributed by atoms with Crippen LogP contribution >= 0.6 is 12.4 Å². The molecule has 0 radical (unpaired) electrons. The fourth-order valence-corrected chi connectivity index (χ4v) is 3.51. The zero-order valence-electron chi connectivity index (χ0n) is 15.8. The van der Waals surface area contributed by atoms with E-state index in [-0.39, 0.29) is 12.4 Å². The monoisotopic (exact) mass is 382 g/mol. The lowest BCUT2D eigenvalue weighted by Crippen LogP contribution is -2.31. The van der Waals surface area contributed by atoms with Crippen molar-refractivity contribution in [2.45, 2.75) is 32.6 Å². The van der Waals surface area contributed by atoms with E-state index in [0.717, 1.165) is 48.7 Å². The van der Waals surface area contributed by atoms with Gasteiger partial charge in [0.2, 0.25) is 5.95 Å². The van der Waals surface area contributed by atoms with Gasteiger partial charge in [0.25, 0.3) is 0 Å². The summed E-state index contributed by atoms with van der Waals surface area (Å²) in [6.45, 7) is 5.10. The van der Waals surface area contributed by atoms with E-state index >= 15 is 0 Å². The van der Waals surface area contributed by atoms with Crippen molar-refractivity contribution in [2.75, 3.05) is 29.9 Å². The molecule has 4 rings (SSSR count). The molecule has 0 aliphatic carbocycles. The zero-order valence-corrected chi connectivity index (χ0v) is 16.6. The van der Waals surface area contributed by atoms with Gasteiger partial charge in [-0.3, -0.25) is 0 Å². The molecule has 1 saturated heterocycles. The van der Waals surface area contributed by atoms with Crippen LogP contribution in [0.25, 0.3) is 10.9 Å². The van der Waals surface area contributed by atoms with Gasteiger partial charge in [-0.25, -0.2) is 4.98 Å². The van der Waals surface area contributed by atoms with Crippen molar-refractivity contribution in [3.8, 4) is 0 Å². The van der Waals surface area contributed by atoms with E-state index in [4.69, 9.17) is 9.97 Å². The first-order chi connectivity index (χ1) is 12.8. The van der Waals surface area contributed by atoms with Gasteiger partial charge in [0.1, 0.15) is 5.82 Å². The maximum atomic E-state index is 4.87. The van der Waals surface area contributed by atoms with Gasteiger partial charge >= 0.3 is 0 Å². The number of anilines is 2. The summed E-state index contributed by atoms with van der Waals surface area (Å²) in [6, 6.07) is 17.0. The number of aromatic nitrogens is 2. The van der Waals surface area contributed by atoms with Crippen molar-refractivity contribution in [1.82, 2.24) is 9.97 Å². The quantitative estimate of drug-likeness (QED) is 0.673. The minimum atomic E-state index is 0. The zero-order chi connectivity index (χ0) is 17.8. The number of aryl methyl sites for hydroxylation is 1. The van der Waals surface area contributed by atoms with Crippen molar-refractivity contribution >= 4 is 35.1 Å². The molecule has 1 aliphatic rings. The molecular weight excluding hydrogens is 356 g/mol. The van der Waals surface area contributed by atoms with E-state index in [1.54, 1.807) is 0 Å². The van der Waals surface area contributed by atoms with Gasteiger partial charge in [0.15, 0.2) is 0 Å². The minimum Gasteiger partial charge on any atom is -0.369 e. The van der Waals surface area contributed by atoms with Crippen LogP contribution in [0.3, 0.4) is 0 Å². The van der Waals surface area contributed by atoms with Crippen LogP contribution in [0.5, 0.6) is 0 Å². The van der Waals surface area contributed by atoms with Crippen molar-refractivity contribution in [2.24, 2.45) is 0 Å². The Balaban J connectivity index is 0.00000210. The van der Waals surface area contributed by atoms with Crippen LogP contribution in [0.2, 0.25) is 0 Å². The first-order valence-corrected chi connectivity index (χ1v) is 9.61. The van der Waals surface area contributed by atoms with Crippen LogP contribution in [0.1, 0.15) is 30.4 Å². The Kier molecular flexibility index (Phi) is 6.51. The Hall–Kier alpha value is -2.33. The number of rotatable bonds is 5. The highest BCUT2D eigenvalue weighted by Crippen LogP contribution is 2.25. The molecule has 1 aromatic heterocycles. The number of nitrogens with zero attached hydrogens (tertiary/aromatic N) is 3. The minimum absolute atomic E-state index is 0. The second-order valence-electron chi connectivity index (χ2n) is 7.10. The number of fused-ring (bicyclic) bond motifs is 1. The molecule has 0 spiro atoms. The van der Waals surface area contributed by atoms with E-state index in [1.807, 2.05) is 6.07 Å². The summed E-state index contributed by atoms with van der Waals surface area (Å²) in [5, 5.41) is 4.65. The third-order valence-corrected chi connectivity index (χ3v) is 5.06. The fraction of sp³-hybridized carbons (Fsp3) is 0.364. The normalized spacial score (nSPS) is 14.0. The van der Waals surface area contributed by atoms with Gasteiger partial charge in [-0.15, -0.1) is 12.4 Å². The van der Waals surface area contributed by atoms with Gasteiger partial charge in [-0.05, 0) is 50.3 Å². The third kappa shape index (κ3) is 4.69. The SMILES string of the molecule is Cc1ccc(CCNc2nc(N3CCCCC3)nc3ccccc23)cc1.Cl. The largest absolute Gasteiger partial charge is 0.369 e. The molecule has 1 N–H and O–H groups in total. The lowest BCUT2D eigenvalue weighted by atomic mass is 10.1. The van der Waals surface area contributed by atoms with Crippen LogP contribution in [0.4, 0.5) is 11.8 Å². The van der Waals surface area contributed by atoms with Crippen LogP contribution in [-0.4, -0.2) is 29.6 Å². The second kappa shape index (κ2) is 9.05. The second-order valence-corrected chi connectivity index (χ2v) is 7.10. The average Bonchev–Trinajstić information content (AvgIpc) is 2.70. The van der Waals surface area contributed by atoms with E-state index < -0.39 is 0 Å². The van der Waals surface area contributed by atoms with Crippen molar-refractivity contribution in [3.05, 3.63) is 59.7 Å². The Labute approximate surface area is 167 Å². The van der Waals surface area contributed by atoms with Crippen LogP contribution < -0.4 is 10.2 Å². The predicted octanol–water partition coefficient (Wildman–Crippen LogP) is 5.00. The highest BCUT2D eigenvalue weighted by Gasteiger charge is 2.16. The summed E-state index contributed by atoms with van der Waals surface area (Å²) in [6.07, 6.45) is 4.75. The summed E-state index contributed by atoms with van der Waals surface area (Å²) in [4.78, 5) is 12.0. The molecule has 142 valence electrons. The number of piperidine rings is 1. The van der Waals surface area contributed by atoms with Gasteiger partial charge in [0, 0.05) is 25.0 Å². The molecule has 27 heavy (non-hydrogen) atoms. The molecule has 5 heteroatoms. The molecule has 2 aromatic carbocycles. The molecule has 0 amide bonds. The standard InChI is InChI=1S/C22H26N4.ClH/c1-17-9-11-18(12-10-17)13-14-23-21-19-7-3-4-8-20(19)24-22(25-21)26-15-5-2-6-16-26;/h3-4,7-12H,2,5-6,13-16H2,1H3,(H,23,24,25);1H. The molecule has 0 unspecified atom stereocenters. The first kappa shape index (κ1) is 19.4. The number of hydrogen-bond acceptors (Lipinski definition) is 4. The number of para-hydroxylation sites is 1. The Morgan fingerprint density at radius 3 is 2.44 bits per heavy atom. The maximum absolute atomic E-state index is 4.87. The smallest absolute Gasteiger partial charge is 0.227 e. The van der Waals surface area contributed by atoms with Crippen LogP contribution in [0, 0.1) is 6.92 Å². The highest BCUT2D eigenvalue weighted by molar-refractivity contribution is 5.90. The summed E-state index contributed by atoms with van der Waals surface area (Å²) in [5.74, 6) is 1.81. The number of halogens is 1. The van der Waals surface area contributed by atoms with E-state index in [1.165, 1.54) is 30.4 Å². The van der Waals surface area contributed by atoms with Crippen molar-refractivity contribution in [1.29, 1.82) is 0 Å². The average molecular weight is 383 g/mol. The maximum Gasteiger partial charge on any atom is 0.227 e. The van der Waals surface area contributed by atoms with E-state index in [2.05, 4.69) is 59.6 Å². The van der Waals surface area contributed by atoms with Crippen molar-refractivity contribution < 1.29 is 0 Å². The molecule has 1 fully saturated rings. The molecular formula is C22H27ClN4. The molecule has 0 saturated carbocycles. The summed E-state index contributed by atoms with van der Waals surface area (Å²) >= 11 is 0. The third-order valence-electron chi connectivity index (χ3n) is 5.06. The van der Waals surface area contributed by atoms with Crippen LogP contribution in [0.15, 0.2) is 48.5 Å². The molecule has 4 nitrogen and oxygen atoms in total. The molecule has 0 bridgehead atoms. The lowest BCUT2D eigenvalue weighted by Gasteiger charge is -2.27. The highest BCUT2D eigenvalue weighted by atomic mass is 35.5. The number of hydrogen-bond donors (Lipinski definition) is 1. The number of benzene rings is 2. The Morgan fingerprint density at radius 1 is 0.926 bits per heavy atom. The Bertz CT molecular complexity index is 873. The molecule has 3 aromatic rings.